The van der Waals surface area contributed by atoms with Crippen LogP contribution in [-0.4, -0.2) is 41.6 Å². The van der Waals surface area contributed by atoms with Crippen LogP contribution >= 0.6 is 35.0 Å². The van der Waals surface area contributed by atoms with Crippen LogP contribution in [0.2, 0.25) is 10.0 Å². The molecular weight excluding hydrogens is 439 g/mol. The molecule has 0 aliphatic carbocycles. The molecule has 0 aliphatic rings. The van der Waals surface area contributed by atoms with E-state index < -0.39 is 6.04 Å². The summed E-state index contributed by atoms with van der Waals surface area (Å²) in [5, 5.41) is 4.07. The fourth-order valence-electron chi connectivity index (χ4n) is 2.96. The molecule has 0 aliphatic heterocycles. The van der Waals surface area contributed by atoms with Crippen molar-refractivity contribution in [2.24, 2.45) is 0 Å². The predicted molar refractivity (Wildman–Crippen MR) is 127 cm³/mol. The number of carbonyl (C=O) groups is 2. The van der Waals surface area contributed by atoms with Crippen LogP contribution in [0.4, 0.5) is 0 Å². The number of benzene rings is 2. The molecule has 7 heteroatoms. The van der Waals surface area contributed by atoms with E-state index in [2.05, 4.69) is 5.32 Å². The third-order valence-electron chi connectivity index (χ3n) is 4.73. The molecule has 162 valence electrons. The van der Waals surface area contributed by atoms with Gasteiger partial charge in [-0.15, -0.1) is 11.8 Å². The van der Waals surface area contributed by atoms with E-state index >= 15 is 0 Å². The summed E-state index contributed by atoms with van der Waals surface area (Å²) >= 11 is 13.9. The lowest BCUT2D eigenvalue weighted by atomic mass is 10.1. The average molecular weight is 467 g/mol. The molecule has 0 radical (unpaired) electrons. The third-order valence-corrected chi connectivity index (χ3v) is 6.39. The molecule has 0 fully saturated rings. The van der Waals surface area contributed by atoms with Gasteiger partial charge in [-0.3, -0.25) is 9.59 Å². The number of hydrogen-bond acceptors (Lipinski definition) is 3. The molecule has 2 aromatic rings. The molecule has 0 heterocycles. The van der Waals surface area contributed by atoms with Gasteiger partial charge in [-0.05, 0) is 43.0 Å². The molecule has 30 heavy (non-hydrogen) atoms. The molecule has 1 atom stereocenters. The second-order valence-corrected chi connectivity index (χ2v) is 8.78. The van der Waals surface area contributed by atoms with Crippen LogP contribution in [0.15, 0.2) is 48.5 Å². The van der Waals surface area contributed by atoms with Crippen molar-refractivity contribution in [1.82, 2.24) is 10.2 Å². The van der Waals surface area contributed by atoms with Crippen molar-refractivity contribution in [3.63, 3.8) is 0 Å². The highest BCUT2D eigenvalue weighted by Crippen LogP contribution is 2.28. The van der Waals surface area contributed by atoms with Crippen LogP contribution in [0, 0.1) is 0 Å². The molecule has 0 saturated carbocycles. The van der Waals surface area contributed by atoms with Gasteiger partial charge in [0.1, 0.15) is 6.04 Å². The fourth-order valence-corrected chi connectivity index (χ4v) is 4.61. The van der Waals surface area contributed by atoms with Gasteiger partial charge < -0.3 is 10.2 Å². The first kappa shape index (κ1) is 24.6. The largest absolute Gasteiger partial charge is 0.354 e. The van der Waals surface area contributed by atoms with Gasteiger partial charge in [0.15, 0.2) is 0 Å². The van der Waals surface area contributed by atoms with Gasteiger partial charge in [-0.1, -0.05) is 66.5 Å². The van der Waals surface area contributed by atoms with Crippen molar-refractivity contribution >= 4 is 46.8 Å². The lowest BCUT2D eigenvalue weighted by Gasteiger charge is -2.28. The van der Waals surface area contributed by atoms with Gasteiger partial charge in [0.2, 0.25) is 11.8 Å². The van der Waals surface area contributed by atoms with Crippen LogP contribution in [0.1, 0.15) is 31.4 Å². The number of halogens is 2. The molecule has 0 unspecified atom stereocenters. The number of thioether (sulfide) groups is 1. The number of nitrogens with one attached hydrogen (secondary N) is 1. The maximum absolute atomic E-state index is 13.0. The molecule has 2 aromatic carbocycles. The second-order valence-electron chi connectivity index (χ2n) is 6.98. The monoisotopic (exact) mass is 466 g/mol. The van der Waals surface area contributed by atoms with E-state index in [4.69, 9.17) is 23.2 Å². The van der Waals surface area contributed by atoms with E-state index in [0.29, 0.717) is 35.3 Å². The summed E-state index contributed by atoms with van der Waals surface area (Å²) in [5.41, 5.74) is 1.95. The van der Waals surface area contributed by atoms with Crippen molar-refractivity contribution in [1.29, 1.82) is 0 Å². The predicted octanol–water partition coefficient (Wildman–Crippen LogP) is 5.21. The van der Waals surface area contributed by atoms with Crippen molar-refractivity contribution in [3.8, 4) is 0 Å². The van der Waals surface area contributed by atoms with Gasteiger partial charge >= 0.3 is 0 Å². The lowest BCUT2D eigenvalue weighted by molar-refractivity contribution is -0.137. The highest BCUT2D eigenvalue weighted by molar-refractivity contribution is 7.99. The first-order chi connectivity index (χ1) is 14.4. The van der Waals surface area contributed by atoms with Crippen molar-refractivity contribution in [3.05, 3.63) is 69.7 Å². The van der Waals surface area contributed by atoms with Crippen LogP contribution in [0.25, 0.3) is 0 Å². The van der Waals surface area contributed by atoms with E-state index in [9.17, 15) is 9.59 Å². The zero-order valence-electron chi connectivity index (χ0n) is 17.4. The van der Waals surface area contributed by atoms with Crippen LogP contribution < -0.4 is 5.32 Å². The molecular formula is C23H28Cl2N2O2S. The normalized spacial score (nSPS) is 11.7. The summed E-state index contributed by atoms with van der Waals surface area (Å²) in [5.74, 6) is 0.588. The van der Waals surface area contributed by atoms with E-state index in [-0.39, 0.29) is 17.6 Å². The summed E-state index contributed by atoms with van der Waals surface area (Å²) < 4.78 is 0. The van der Waals surface area contributed by atoms with Crippen LogP contribution in [-0.2, 0) is 21.8 Å². The number of nitrogens with zero attached hydrogens (tertiary/aromatic N) is 1. The quantitative estimate of drug-likeness (QED) is 0.494. The van der Waals surface area contributed by atoms with Crippen LogP contribution in [0.5, 0.6) is 0 Å². The lowest BCUT2D eigenvalue weighted by Crippen LogP contribution is -2.49. The fraction of sp³-hybridized carbons (Fsp3) is 0.391. The summed E-state index contributed by atoms with van der Waals surface area (Å²) in [6, 6.07) is 14.8. The Kier molecular flexibility index (Phi) is 10.6. The van der Waals surface area contributed by atoms with Crippen LogP contribution in [0.3, 0.4) is 0 Å². The molecule has 2 amide bonds. The Hall–Kier alpha value is -1.69. The number of amides is 2. The van der Waals surface area contributed by atoms with E-state index in [1.165, 1.54) is 11.8 Å². The average Bonchev–Trinajstić information content (AvgIpc) is 2.74. The Morgan fingerprint density at radius 1 is 1.07 bits per heavy atom. The summed E-state index contributed by atoms with van der Waals surface area (Å²) in [6.07, 6.45) is 1.55. The maximum atomic E-state index is 13.0. The second kappa shape index (κ2) is 12.9. The number of rotatable bonds is 11. The summed E-state index contributed by atoms with van der Waals surface area (Å²) in [7, 11) is 0. The molecule has 0 saturated heterocycles. The molecule has 1 N–H and O–H groups in total. The van der Waals surface area contributed by atoms with E-state index in [1.807, 2.05) is 37.3 Å². The van der Waals surface area contributed by atoms with Crippen molar-refractivity contribution in [2.75, 3.05) is 18.8 Å². The smallest absolute Gasteiger partial charge is 0.242 e. The zero-order chi connectivity index (χ0) is 21.9. The third kappa shape index (κ3) is 7.53. The molecule has 2 rings (SSSR count). The minimum absolute atomic E-state index is 0.0711. The summed E-state index contributed by atoms with van der Waals surface area (Å²) in [4.78, 5) is 27.2. The highest BCUT2D eigenvalue weighted by atomic mass is 35.5. The van der Waals surface area contributed by atoms with Gasteiger partial charge in [0, 0.05) is 28.9 Å². The molecule has 0 spiro atoms. The Morgan fingerprint density at radius 2 is 1.73 bits per heavy atom. The Morgan fingerprint density at radius 3 is 2.37 bits per heavy atom. The number of carbonyl (C=O) groups excluding carboxylic acids is 2. The first-order valence-electron chi connectivity index (χ1n) is 10.1. The molecule has 0 aromatic heterocycles. The Bertz CT molecular complexity index is 813. The van der Waals surface area contributed by atoms with E-state index in [1.54, 1.807) is 30.0 Å². The maximum Gasteiger partial charge on any atom is 0.242 e. The molecule has 4 nitrogen and oxygen atoms in total. The van der Waals surface area contributed by atoms with E-state index in [0.717, 1.165) is 17.5 Å². The minimum Gasteiger partial charge on any atom is -0.354 e. The highest BCUT2D eigenvalue weighted by Gasteiger charge is 2.25. The van der Waals surface area contributed by atoms with Gasteiger partial charge in [-0.2, -0.15) is 0 Å². The number of hydrogen-bond donors (Lipinski definition) is 1. The minimum atomic E-state index is -0.530. The Balaban J connectivity index is 2.02. The van der Waals surface area contributed by atoms with Crippen molar-refractivity contribution < 1.29 is 9.59 Å². The van der Waals surface area contributed by atoms with Gasteiger partial charge in [-0.25, -0.2) is 0 Å². The first-order valence-corrected chi connectivity index (χ1v) is 12.0. The summed E-state index contributed by atoms with van der Waals surface area (Å²) in [6.45, 7) is 4.86. The topological polar surface area (TPSA) is 49.4 Å². The molecule has 0 bridgehead atoms. The van der Waals surface area contributed by atoms with Gasteiger partial charge in [0.05, 0.1) is 5.75 Å². The standard InChI is InChI=1S/C23H28Cl2N2O2S/c1-3-13-26-23(29)17(2)27(14-12-18-8-5-4-6-9-18)22(28)16-30-15-19-20(24)10-7-11-21(19)25/h4-11,17H,3,12-16H2,1-2H3,(H,26,29)/t17-/m1/s1. The van der Waals surface area contributed by atoms with Crippen molar-refractivity contribution in [2.45, 2.75) is 38.5 Å². The Labute approximate surface area is 193 Å². The zero-order valence-corrected chi connectivity index (χ0v) is 19.7. The SMILES string of the molecule is CCCNC(=O)[C@@H](C)N(CCc1ccccc1)C(=O)CSCc1c(Cl)cccc1Cl. The van der Waals surface area contributed by atoms with Gasteiger partial charge in [0.25, 0.3) is 0 Å².